The van der Waals surface area contributed by atoms with Gasteiger partial charge in [0.1, 0.15) is 12.4 Å². The van der Waals surface area contributed by atoms with Crippen LogP contribution in [0.25, 0.3) is 0 Å². The second-order valence-corrected chi connectivity index (χ2v) is 6.99. The number of anilines is 1. The van der Waals surface area contributed by atoms with Crippen molar-refractivity contribution in [3.8, 4) is 17.2 Å². The van der Waals surface area contributed by atoms with Gasteiger partial charge in [-0.25, -0.2) is 4.90 Å². The Hall–Kier alpha value is -3.32. The van der Waals surface area contributed by atoms with Gasteiger partial charge in [0.05, 0.1) is 32.4 Å². The summed E-state index contributed by atoms with van der Waals surface area (Å²) in [6, 6.07) is 12.1. The van der Waals surface area contributed by atoms with Crippen LogP contribution in [-0.2, 0) is 16.1 Å². The molecule has 0 N–H and O–H groups in total. The summed E-state index contributed by atoms with van der Waals surface area (Å²) >= 11 is 0. The first-order valence-corrected chi connectivity index (χ1v) is 9.60. The molecule has 1 heterocycles. The van der Waals surface area contributed by atoms with Crippen molar-refractivity contribution in [2.75, 3.05) is 32.8 Å². The highest BCUT2D eigenvalue weighted by molar-refractivity contribution is 6.22. The lowest BCUT2D eigenvalue weighted by molar-refractivity contribution is -0.122. The van der Waals surface area contributed by atoms with E-state index < -0.39 is 6.04 Å². The maximum absolute atomic E-state index is 13.0. The Morgan fingerprint density at radius 2 is 1.80 bits per heavy atom. The fourth-order valence-corrected chi connectivity index (χ4v) is 3.44. The number of hydrogen-bond acceptors (Lipinski definition) is 6. The van der Waals surface area contributed by atoms with Gasteiger partial charge in [-0.1, -0.05) is 24.8 Å². The number of hydrogen-bond donors (Lipinski definition) is 0. The number of ether oxygens (including phenoxy) is 3. The van der Waals surface area contributed by atoms with E-state index in [0.29, 0.717) is 30.3 Å². The van der Waals surface area contributed by atoms with Crippen LogP contribution in [0.5, 0.6) is 17.2 Å². The van der Waals surface area contributed by atoms with Gasteiger partial charge in [-0.05, 0) is 36.9 Å². The van der Waals surface area contributed by atoms with Crippen molar-refractivity contribution >= 4 is 17.5 Å². The van der Waals surface area contributed by atoms with Gasteiger partial charge in [-0.15, -0.1) is 0 Å². The molecule has 1 aliphatic rings. The van der Waals surface area contributed by atoms with Crippen molar-refractivity contribution in [1.82, 2.24) is 4.90 Å². The van der Waals surface area contributed by atoms with Crippen molar-refractivity contribution in [2.24, 2.45) is 0 Å². The highest BCUT2D eigenvalue weighted by atomic mass is 16.5. The number of benzene rings is 2. The molecule has 30 heavy (non-hydrogen) atoms. The summed E-state index contributed by atoms with van der Waals surface area (Å²) in [5, 5.41) is 0. The number of imide groups is 1. The highest BCUT2D eigenvalue weighted by Gasteiger charge is 2.41. The second-order valence-electron chi connectivity index (χ2n) is 6.99. The van der Waals surface area contributed by atoms with E-state index in [2.05, 4.69) is 6.58 Å². The topological polar surface area (TPSA) is 68.3 Å². The lowest BCUT2D eigenvalue weighted by Gasteiger charge is -2.23. The van der Waals surface area contributed by atoms with Gasteiger partial charge in [0, 0.05) is 12.6 Å². The van der Waals surface area contributed by atoms with Gasteiger partial charge in [-0.3, -0.25) is 14.5 Å². The van der Waals surface area contributed by atoms with Gasteiger partial charge in [-0.2, -0.15) is 0 Å². The Morgan fingerprint density at radius 3 is 2.43 bits per heavy atom. The van der Waals surface area contributed by atoms with E-state index in [4.69, 9.17) is 14.2 Å². The molecule has 3 rings (SSSR count). The molecule has 0 aliphatic carbocycles. The molecule has 1 atom stereocenters. The molecule has 1 fully saturated rings. The molecule has 158 valence electrons. The Labute approximate surface area is 176 Å². The summed E-state index contributed by atoms with van der Waals surface area (Å²) in [6.07, 6.45) is 1.82. The van der Waals surface area contributed by atoms with Crippen LogP contribution < -0.4 is 19.1 Å². The first kappa shape index (κ1) is 21.4. The molecular weight excluding hydrogens is 384 g/mol. The molecule has 0 bridgehead atoms. The third-order valence-corrected chi connectivity index (χ3v) is 5.00. The minimum absolute atomic E-state index is 0.129. The van der Waals surface area contributed by atoms with E-state index in [1.54, 1.807) is 24.3 Å². The van der Waals surface area contributed by atoms with Gasteiger partial charge >= 0.3 is 0 Å². The molecule has 0 saturated carbocycles. The number of likely N-dealkylation sites (N-methyl/N-ethyl adjacent to an activating group) is 1. The molecule has 1 saturated heterocycles. The maximum Gasteiger partial charge on any atom is 0.251 e. The monoisotopic (exact) mass is 410 g/mol. The summed E-state index contributed by atoms with van der Waals surface area (Å²) in [5.41, 5.74) is 1.50. The molecule has 7 nitrogen and oxygen atoms in total. The summed E-state index contributed by atoms with van der Waals surface area (Å²) in [7, 11) is 4.89. The number of amides is 2. The van der Waals surface area contributed by atoms with Crippen LogP contribution in [0.1, 0.15) is 12.0 Å². The van der Waals surface area contributed by atoms with E-state index in [-0.39, 0.29) is 18.2 Å². The van der Waals surface area contributed by atoms with Crippen LogP contribution in [0, 0.1) is 0 Å². The van der Waals surface area contributed by atoms with Crippen molar-refractivity contribution in [2.45, 2.75) is 19.0 Å². The highest BCUT2D eigenvalue weighted by Crippen LogP contribution is 2.34. The van der Waals surface area contributed by atoms with Crippen LogP contribution in [0.15, 0.2) is 55.1 Å². The lowest BCUT2D eigenvalue weighted by Crippen LogP contribution is -2.39. The average Bonchev–Trinajstić information content (AvgIpc) is 3.06. The third-order valence-electron chi connectivity index (χ3n) is 5.00. The van der Waals surface area contributed by atoms with E-state index in [0.717, 1.165) is 11.3 Å². The van der Waals surface area contributed by atoms with E-state index in [1.165, 1.54) is 19.1 Å². The van der Waals surface area contributed by atoms with Gasteiger partial charge < -0.3 is 14.2 Å². The van der Waals surface area contributed by atoms with Gasteiger partial charge in [0.2, 0.25) is 5.91 Å². The average molecular weight is 410 g/mol. The first-order valence-electron chi connectivity index (χ1n) is 9.60. The molecule has 0 aromatic heterocycles. The van der Waals surface area contributed by atoms with Crippen LogP contribution in [0.3, 0.4) is 0 Å². The quantitative estimate of drug-likeness (QED) is 0.468. The van der Waals surface area contributed by atoms with E-state index >= 15 is 0 Å². The van der Waals surface area contributed by atoms with Crippen molar-refractivity contribution in [3.05, 3.63) is 60.7 Å². The smallest absolute Gasteiger partial charge is 0.251 e. The molecule has 7 heteroatoms. The number of rotatable bonds is 9. The Bertz CT molecular complexity index is 926. The zero-order chi connectivity index (χ0) is 21.7. The molecule has 0 spiro atoms. The summed E-state index contributed by atoms with van der Waals surface area (Å²) in [5.74, 6) is 1.27. The van der Waals surface area contributed by atoms with Crippen LogP contribution in [-0.4, -0.2) is 50.6 Å². The largest absolute Gasteiger partial charge is 0.493 e. The number of nitrogens with zero attached hydrogens (tertiary/aromatic N) is 2. The fourth-order valence-electron chi connectivity index (χ4n) is 3.44. The maximum atomic E-state index is 13.0. The third kappa shape index (κ3) is 4.46. The summed E-state index contributed by atoms with van der Waals surface area (Å²) in [6.45, 7) is 4.61. The second kappa shape index (κ2) is 9.45. The predicted octanol–water partition coefficient (Wildman–Crippen LogP) is 3.03. The van der Waals surface area contributed by atoms with E-state index in [9.17, 15) is 9.59 Å². The Balaban J connectivity index is 1.71. The van der Waals surface area contributed by atoms with Gasteiger partial charge in [0.25, 0.3) is 5.91 Å². The van der Waals surface area contributed by atoms with Crippen LogP contribution >= 0.6 is 0 Å². The van der Waals surface area contributed by atoms with Crippen molar-refractivity contribution < 1.29 is 23.8 Å². The Morgan fingerprint density at radius 1 is 1.10 bits per heavy atom. The first-order chi connectivity index (χ1) is 14.5. The molecule has 2 aromatic carbocycles. The van der Waals surface area contributed by atoms with Crippen molar-refractivity contribution in [3.63, 3.8) is 0 Å². The number of methoxy groups -OCH3 is 2. The normalized spacial score (nSPS) is 16.1. The predicted molar refractivity (Wildman–Crippen MR) is 114 cm³/mol. The molecule has 0 unspecified atom stereocenters. The Kier molecular flexibility index (Phi) is 6.74. The van der Waals surface area contributed by atoms with Crippen LogP contribution in [0.4, 0.5) is 5.69 Å². The lowest BCUT2D eigenvalue weighted by atomic mass is 10.1. The van der Waals surface area contributed by atoms with Crippen LogP contribution in [0.2, 0.25) is 0 Å². The molecular formula is C23H26N2O5. The summed E-state index contributed by atoms with van der Waals surface area (Å²) in [4.78, 5) is 28.8. The SMILES string of the molecule is C=CCOc1ccc(CN(C)[C@@H]2CC(=O)N(c3ccc(OC)c(OC)c3)C2=O)cc1. The summed E-state index contributed by atoms with van der Waals surface area (Å²) < 4.78 is 16.0. The van der Waals surface area contributed by atoms with E-state index in [1.807, 2.05) is 36.2 Å². The number of carbonyl (C=O) groups excluding carboxylic acids is 2. The zero-order valence-electron chi connectivity index (χ0n) is 17.5. The molecule has 0 radical (unpaired) electrons. The van der Waals surface area contributed by atoms with Crippen molar-refractivity contribution in [1.29, 1.82) is 0 Å². The molecule has 2 aromatic rings. The fraction of sp³-hybridized carbons (Fsp3) is 0.304. The van der Waals surface area contributed by atoms with Gasteiger partial charge in [0.15, 0.2) is 11.5 Å². The molecule has 1 aliphatic heterocycles. The minimum Gasteiger partial charge on any atom is -0.493 e. The molecule has 2 amide bonds. The number of carbonyl (C=O) groups is 2. The minimum atomic E-state index is -0.526. The standard InChI is InChI=1S/C23H26N2O5/c1-5-12-30-18-9-6-16(7-10-18)15-24(2)19-14-22(26)25(23(19)27)17-8-11-20(28-3)21(13-17)29-4/h5-11,13,19H,1,12,14-15H2,2-4H3/t19-/m1/s1. The zero-order valence-corrected chi connectivity index (χ0v) is 17.5.